The van der Waals surface area contributed by atoms with E-state index in [2.05, 4.69) is 12.6 Å². The number of hydrogen-bond acceptors (Lipinski definition) is 4. The second-order valence-corrected chi connectivity index (χ2v) is 4.71. The zero-order valence-electron chi connectivity index (χ0n) is 11.9. The van der Waals surface area contributed by atoms with Gasteiger partial charge in [-0.1, -0.05) is 25.7 Å². The fourth-order valence-corrected chi connectivity index (χ4v) is 1.83. The summed E-state index contributed by atoms with van der Waals surface area (Å²) in [7, 11) is 0. The summed E-state index contributed by atoms with van der Waals surface area (Å²) in [6.45, 7) is 6.34. The first-order valence-electron chi connectivity index (χ1n) is 7.26. The molecule has 18 heavy (non-hydrogen) atoms. The van der Waals surface area contributed by atoms with E-state index in [1.54, 1.807) is 0 Å². The lowest BCUT2D eigenvalue weighted by atomic mass is 10.1. The van der Waals surface area contributed by atoms with Gasteiger partial charge >= 0.3 is 0 Å². The van der Waals surface area contributed by atoms with Crippen LogP contribution in [0.15, 0.2) is 0 Å². The predicted molar refractivity (Wildman–Crippen MR) is 79.7 cm³/mol. The molecule has 0 aromatic heterocycles. The number of ether oxygens (including phenoxy) is 3. The molecule has 0 aliphatic rings. The molecule has 0 N–H and O–H groups in total. The lowest BCUT2D eigenvalue weighted by molar-refractivity contribution is 0.0162. The van der Waals surface area contributed by atoms with Gasteiger partial charge in [0, 0.05) is 13.2 Å². The Balaban J connectivity index is 2.86. The van der Waals surface area contributed by atoms with E-state index in [1.165, 1.54) is 38.5 Å². The number of unbranched alkanes of at least 4 members (excludes halogenated alkanes) is 5. The molecule has 110 valence electrons. The van der Waals surface area contributed by atoms with Crippen LogP contribution in [-0.4, -0.2) is 45.4 Å². The van der Waals surface area contributed by atoms with Gasteiger partial charge in [0.1, 0.15) is 0 Å². The van der Waals surface area contributed by atoms with Crippen molar-refractivity contribution in [3.8, 4) is 0 Å². The third kappa shape index (κ3) is 16.2. The molecule has 0 aliphatic heterocycles. The van der Waals surface area contributed by atoms with E-state index in [0.29, 0.717) is 26.4 Å². The maximum atomic E-state index is 5.49. The molecule has 0 atom stereocenters. The summed E-state index contributed by atoms with van der Waals surface area (Å²) >= 11 is 4.20. The molecule has 3 nitrogen and oxygen atoms in total. The lowest BCUT2D eigenvalue weighted by Crippen LogP contribution is -2.09. The second-order valence-electron chi connectivity index (χ2n) is 4.27. The fourth-order valence-electron chi connectivity index (χ4n) is 1.61. The molecule has 0 fully saturated rings. The molecule has 0 radical (unpaired) electrons. The van der Waals surface area contributed by atoms with Crippen molar-refractivity contribution in [3.63, 3.8) is 0 Å². The van der Waals surface area contributed by atoms with Crippen LogP contribution in [0.5, 0.6) is 0 Å². The fraction of sp³-hybridized carbons (Fsp3) is 1.00. The molecule has 0 saturated heterocycles. The maximum Gasteiger partial charge on any atom is 0.0701 e. The Hall–Kier alpha value is 0.230. The molecule has 0 heterocycles. The smallest absolute Gasteiger partial charge is 0.0701 e. The minimum atomic E-state index is 0.669. The Morgan fingerprint density at radius 1 is 0.611 bits per heavy atom. The van der Waals surface area contributed by atoms with Gasteiger partial charge in [0.25, 0.3) is 0 Å². The molecule has 4 heteroatoms. The summed E-state index contributed by atoms with van der Waals surface area (Å²) in [6.07, 6.45) is 7.66. The van der Waals surface area contributed by atoms with Crippen molar-refractivity contribution in [1.82, 2.24) is 0 Å². The van der Waals surface area contributed by atoms with E-state index in [1.807, 2.05) is 6.92 Å². The van der Waals surface area contributed by atoms with Crippen molar-refractivity contribution in [2.24, 2.45) is 0 Å². The van der Waals surface area contributed by atoms with Crippen LogP contribution in [-0.2, 0) is 14.2 Å². The molecule has 0 unspecified atom stereocenters. The van der Waals surface area contributed by atoms with Crippen molar-refractivity contribution in [2.45, 2.75) is 45.4 Å². The average molecular weight is 278 g/mol. The van der Waals surface area contributed by atoms with E-state index >= 15 is 0 Å². The molecule has 0 bridgehead atoms. The van der Waals surface area contributed by atoms with Crippen LogP contribution in [0.25, 0.3) is 0 Å². The van der Waals surface area contributed by atoms with Crippen molar-refractivity contribution in [1.29, 1.82) is 0 Å². The average Bonchev–Trinajstić information content (AvgIpc) is 2.39. The molecule has 0 aliphatic carbocycles. The Morgan fingerprint density at radius 2 is 1.11 bits per heavy atom. The third-order valence-corrected chi connectivity index (χ3v) is 2.96. The number of hydrogen-bond donors (Lipinski definition) is 1. The molecule has 0 amide bonds. The molecule has 0 aromatic carbocycles. The zero-order valence-corrected chi connectivity index (χ0v) is 12.8. The maximum absolute atomic E-state index is 5.49. The lowest BCUT2D eigenvalue weighted by Gasteiger charge is -2.06. The van der Waals surface area contributed by atoms with E-state index in [-0.39, 0.29) is 0 Å². The van der Waals surface area contributed by atoms with Gasteiger partial charge in [-0.05, 0) is 25.5 Å². The summed E-state index contributed by atoms with van der Waals surface area (Å²) in [4.78, 5) is 0. The van der Waals surface area contributed by atoms with Crippen LogP contribution in [0.1, 0.15) is 45.4 Å². The van der Waals surface area contributed by atoms with Crippen molar-refractivity contribution in [2.75, 3.05) is 45.4 Å². The van der Waals surface area contributed by atoms with Gasteiger partial charge in [-0.2, -0.15) is 12.6 Å². The van der Waals surface area contributed by atoms with Crippen LogP contribution in [0.2, 0.25) is 0 Å². The van der Waals surface area contributed by atoms with E-state index in [0.717, 1.165) is 19.0 Å². The largest absolute Gasteiger partial charge is 0.379 e. The van der Waals surface area contributed by atoms with Crippen molar-refractivity contribution < 1.29 is 14.2 Å². The Morgan fingerprint density at radius 3 is 1.72 bits per heavy atom. The monoisotopic (exact) mass is 278 g/mol. The molecule has 0 saturated carbocycles. The van der Waals surface area contributed by atoms with Gasteiger partial charge in [0.05, 0.1) is 26.4 Å². The van der Waals surface area contributed by atoms with Crippen LogP contribution < -0.4 is 0 Å². The predicted octanol–water partition coefficient (Wildman–Crippen LogP) is 3.33. The topological polar surface area (TPSA) is 27.7 Å². The first kappa shape index (κ1) is 18.2. The Labute approximate surface area is 118 Å². The SMILES string of the molecule is CCOCCOCCOCCCCCCCCS. The highest BCUT2D eigenvalue weighted by molar-refractivity contribution is 7.80. The Bertz CT molecular complexity index is 129. The Kier molecular flexibility index (Phi) is 17.5. The first-order chi connectivity index (χ1) is 8.91. The van der Waals surface area contributed by atoms with Gasteiger partial charge in [-0.3, -0.25) is 0 Å². The van der Waals surface area contributed by atoms with E-state index in [9.17, 15) is 0 Å². The highest BCUT2D eigenvalue weighted by Gasteiger charge is 1.93. The van der Waals surface area contributed by atoms with Gasteiger partial charge in [0.15, 0.2) is 0 Å². The standard InChI is InChI=1S/C14H30O3S/c1-2-15-10-11-17-13-12-16-9-7-5-3-4-6-8-14-18/h18H,2-14H2,1H3. The molecular formula is C14H30O3S. The zero-order chi connectivity index (χ0) is 13.3. The van der Waals surface area contributed by atoms with Crippen molar-refractivity contribution >= 4 is 12.6 Å². The van der Waals surface area contributed by atoms with Crippen LogP contribution >= 0.6 is 12.6 Å². The summed E-state index contributed by atoms with van der Waals surface area (Å²) in [5.74, 6) is 1.02. The van der Waals surface area contributed by atoms with Gasteiger partial charge in [-0.25, -0.2) is 0 Å². The number of rotatable bonds is 15. The molecule has 0 spiro atoms. The minimum absolute atomic E-state index is 0.669. The number of thiol groups is 1. The highest BCUT2D eigenvalue weighted by Crippen LogP contribution is 2.05. The van der Waals surface area contributed by atoms with Gasteiger partial charge < -0.3 is 14.2 Å². The summed E-state index contributed by atoms with van der Waals surface area (Å²) < 4.78 is 16.0. The van der Waals surface area contributed by atoms with Crippen LogP contribution in [0.4, 0.5) is 0 Å². The normalized spacial score (nSPS) is 11.0. The van der Waals surface area contributed by atoms with Crippen molar-refractivity contribution in [3.05, 3.63) is 0 Å². The van der Waals surface area contributed by atoms with Crippen LogP contribution in [0, 0.1) is 0 Å². The van der Waals surface area contributed by atoms with Gasteiger partial charge in [0.2, 0.25) is 0 Å². The summed E-state index contributed by atoms with van der Waals surface area (Å²) in [5, 5.41) is 0. The summed E-state index contributed by atoms with van der Waals surface area (Å²) in [6, 6.07) is 0. The molecular weight excluding hydrogens is 248 g/mol. The molecule has 0 aromatic rings. The molecule has 0 rings (SSSR count). The first-order valence-corrected chi connectivity index (χ1v) is 7.89. The minimum Gasteiger partial charge on any atom is -0.379 e. The van der Waals surface area contributed by atoms with Crippen LogP contribution in [0.3, 0.4) is 0 Å². The van der Waals surface area contributed by atoms with E-state index < -0.39 is 0 Å². The second kappa shape index (κ2) is 17.2. The highest BCUT2D eigenvalue weighted by atomic mass is 32.1. The third-order valence-electron chi connectivity index (χ3n) is 2.64. The quantitative estimate of drug-likeness (QED) is 0.368. The van der Waals surface area contributed by atoms with E-state index in [4.69, 9.17) is 14.2 Å². The van der Waals surface area contributed by atoms with Gasteiger partial charge in [-0.15, -0.1) is 0 Å². The summed E-state index contributed by atoms with van der Waals surface area (Å²) in [5.41, 5.74) is 0.